The second kappa shape index (κ2) is 4.94. The fraction of sp³-hybridized carbons (Fsp3) is 0.375. The fourth-order valence-electron chi connectivity index (χ4n) is 1.04. The zero-order chi connectivity index (χ0) is 10.7. The third kappa shape index (κ3) is 2.37. The van der Waals surface area contributed by atoms with E-state index in [9.17, 15) is 8.78 Å². The van der Waals surface area contributed by atoms with Crippen molar-refractivity contribution in [3.8, 4) is 0 Å². The normalized spacial score (nSPS) is 11.0. The van der Waals surface area contributed by atoms with Gasteiger partial charge in [0.1, 0.15) is 0 Å². The molecule has 1 rings (SSSR count). The molecule has 78 valence electrons. The molecule has 1 heterocycles. The zero-order valence-electron chi connectivity index (χ0n) is 7.17. The molecule has 0 atom stereocenters. The molecular weight excluding hydrogens is 305 g/mol. The van der Waals surface area contributed by atoms with E-state index < -0.39 is 6.43 Å². The summed E-state index contributed by atoms with van der Waals surface area (Å²) >= 11 is 1.79. The Hall–Kier alpha value is -0.340. The molecule has 0 saturated heterocycles. The van der Waals surface area contributed by atoms with Gasteiger partial charge in [0, 0.05) is 15.7 Å². The lowest BCUT2D eigenvalue weighted by molar-refractivity contribution is 0.149. The van der Waals surface area contributed by atoms with Crippen LogP contribution >= 0.6 is 22.6 Å². The van der Waals surface area contributed by atoms with Crippen LogP contribution < -0.4 is 5.73 Å². The molecule has 6 heteroatoms. The van der Waals surface area contributed by atoms with E-state index in [0.29, 0.717) is 9.26 Å². The number of halogens is 3. The predicted octanol–water partition coefficient (Wildman–Crippen LogP) is 1.57. The number of rotatable bonds is 3. The molecule has 0 aliphatic rings. The van der Waals surface area contributed by atoms with E-state index in [0.717, 1.165) is 0 Å². The predicted molar refractivity (Wildman–Crippen MR) is 55.7 cm³/mol. The van der Waals surface area contributed by atoms with Crippen LogP contribution in [0.2, 0.25) is 0 Å². The van der Waals surface area contributed by atoms with Crippen LogP contribution in [0.25, 0.3) is 0 Å². The molecule has 0 fully saturated rings. The van der Waals surface area contributed by atoms with Gasteiger partial charge < -0.3 is 10.8 Å². The number of hydrogen-bond donors (Lipinski definition) is 2. The minimum absolute atomic E-state index is 0.0891. The van der Waals surface area contributed by atoms with Crippen molar-refractivity contribution in [1.29, 1.82) is 0 Å². The van der Waals surface area contributed by atoms with Gasteiger partial charge in [0.15, 0.2) is 0 Å². The highest BCUT2D eigenvalue weighted by atomic mass is 127. The number of nitrogens with zero attached hydrogens (tertiary/aromatic N) is 1. The van der Waals surface area contributed by atoms with Gasteiger partial charge in [0.05, 0.1) is 18.0 Å². The monoisotopic (exact) mass is 314 g/mol. The van der Waals surface area contributed by atoms with Gasteiger partial charge in [-0.05, 0) is 28.7 Å². The van der Waals surface area contributed by atoms with E-state index in [4.69, 9.17) is 10.8 Å². The van der Waals surface area contributed by atoms with Gasteiger partial charge in [-0.25, -0.2) is 8.78 Å². The van der Waals surface area contributed by atoms with Crippen LogP contribution in [0.1, 0.15) is 23.4 Å². The molecule has 0 aliphatic carbocycles. The van der Waals surface area contributed by atoms with Crippen molar-refractivity contribution in [2.24, 2.45) is 5.73 Å². The quantitative estimate of drug-likeness (QED) is 0.833. The standard InChI is InChI=1S/C8H9F2IN2O/c9-8(10)5-1-4(3-14)13-6(2-12)7(5)11/h1,8,14H,2-3,12H2. The Morgan fingerprint density at radius 2 is 2.21 bits per heavy atom. The molecule has 0 unspecified atom stereocenters. The summed E-state index contributed by atoms with van der Waals surface area (Å²) < 4.78 is 25.4. The highest BCUT2D eigenvalue weighted by Crippen LogP contribution is 2.26. The van der Waals surface area contributed by atoms with Gasteiger partial charge in [0.2, 0.25) is 0 Å². The van der Waals surface area contributed by atoms with Crippen LogP contribution in [0, 0.1) is 3.57 Å². The number of nitrogens with two attached hydrogens (primary N) is 1. The smallest absolute Gasteiger partial charge is 0.265 e. The third-order valence-corrected chi connectivity index (χ3v) is 2.94. The van der Waals surface area contributed by atoms with E-state index in [-0.39, 0.29) is 24.4 Å². The van der Waals surface area contributed by atoms with Gasteiger partial charge in [-0.3, -0.25) is 4.98 Å². The molecule has 0 spiro atoms. The average molecular weight is 314 g/mol. The topological polar surface area (TPSA) is 59.1 Å². The molecule has 0 amide bonds. The van der Waals surface area contributed by atoms with Gasteiger partial charge in [-0.1, -0.05) is 0 Å². The molecule has 3 nitrogen and oxygen atoms in total. The average Bonchev–Trinajstić information content (AvgIpc) is 2.17. The summed E-state index contributed by atoms with van der Waals surface area (Å²) in [4.78, 5) is 3.94. The van der Waals surface area contributed by atoms with E-state index in [1.807, 2.05) is 0 Å². The molecule has 1 aromatic rings. The Kier molecular flexibility index (Phi) is 4.14. The fourth-order valence-corrected chi connectivity index (χ4v) is 1.77. The lowest BCUT2D eigenvalue weighted by atomic mass is 10.2. The molecule has 3 N–H and O–H groups in total. The Morgan fingerprint density at radius 1 is 1.57 bits per heavy atom. The van der Waals surface area contributed by atoms with E-state index >= 15 is 0 Å². The van der Waals surface area contributed by atoms with Gasteiger partial charge in [-0.2, -0.15) is 0 Å². The van der Waals surface area contributed by atoms with Crippen LogP contribution in [-0.4, -0.2) is 10.1 Å². The van der Waals surface area contributed by atoms with Crippen molar-refractivity contribution in [2.75, 3.05) is 0 Å². The highest BCUT2D eigenvalue weighted by Gasteiger charge is 2.16. The maximum absolute atomic E-state index is 12.5. The van der Waals surface area contributed by atoms with Gasteiger partial charge in [0.25, 0.3) is 6.43 Å². The van der Waals surface area contributed by atoms with Gasteiger partial charge >= 0.3 is 0 Å². The molecular formula is C8H9F2IN2O. The second-order valence-electron chi connectivity index (χ2n) is 2.63. The lowest BCUT2D eigenvalue weighted by Gasteiger charge is -2.09. The first-order valence-corrected chi connectivity index (χ1v) is 4.95. The largest absolute Gasteiger partial charge is 0.390 e. The third-order valence-electron chi connectivity index (χ3n) is 1.70. The van der Waals surface area contributed by atoms with Crippen molar-refractivity contribution < 1.29 is 13.9 Å². The van der Waals surface area contributed by atoms with Crippen LogP contribution in [0.4, 0.5) is 8.78 Å². The first kappa shape index (κ1) is 11.7. The van der Waals surface area contributed by atoms with Crippen molar-refractivity contribution >= 4 is 22.6 Å². The molecule has 0 radical (unpaired) electrons. The molecule has 1 aromatic heterocycles. The summed E-state index contributed by atoms with van der Waals surface area (Å²) in [5.74, 6) is 0. The number of pyridine rings is 1. The van der Waals surface area contributed by atoms with E-state index in [1.165, 1.54) is 6.07 Å². The summed E-state index contributed by atoms with van der Waals surface area (Å²) in [6, 6.07) is 1.20. The van der Waals surface area contributed by atoms with E-state index in [2.05, 4.69) is 4.98 Å². The van der Waals surface area contributed by atoms with Crippen LogP contribution in [0.3, 0.4) is 0 Å². The molecule has 14 heavy (non-hydrogen) atoms. The van der Waals surface area contributed by atoms with Crippen molar-refractivity contribution in [2.45, 2.75) is 19.6 Å². The maximum Gasteiger partial charge on any atom is 0.265 e. The summed E-state index contributed by atoms with van der Waals surface area (Å²) in [5, 5.41) is 8.80. The van der Waals surface area contributed by atoms with Crippen LogP contribution in [0.5, 0.6) is 0 Å². The van der Waals surface area contributed by atoms with Crippen molar-refractivity contribution in [1.82, 2.24) is 4.98 Å². The number of aliphatic hydroxyl groups is 1. The van der Waals surface area contributed by atoms with Gasteiger partial charge in [-0.15, -0.1) is 0 Å². The van der Waals surface area contributed by atoms with Crippen molar-refractivity contribution in [3.63, 3.8) is 0 Å². The second-order valence-corrected chi connectivity index (χ2v) is 3.71. The summed E-state index contributed by atoms with van der Waals surface area (Å²) in [6.45, 7) is -0.268. The van der Waals surface area contributed by atoms with Crippen LogP contribution in [-0.2, 0) is 13.2 Å². The Labute approximate surface area is 93.5 Å². The minimum atomic E-state index is -2.57. The minimum Gasteiger partial charge on any atom is -0.390 e. The van der Waals surface area contributed by atoms with Crippen molar-refractivity contribution in [3.05, 3.63) is 26.6 Å². The molecule has 0 aromatic carbocycles. The first-order chi connectivity index (χ1) is 6.60. The zero-order valence-corrected chi connectivity index (χ0v) is 9.33. The molecule has 0 bridgehead atoms. The number of hydrogen-bond acceptors (Lipinski definition) is 3. The van der Waals surface area contributed by atoms with Crippen LogP contribution in [0.15, 0.2) is 6.07 Å². The molecule has 0 saturated carbocycles. The number of aliphatic hydroxyl groups excluding tert-OH is 1. The summed E-state index contributed by atoms with van der Waals surface area (Å²) in [5.41, 5.74) is 5.85. The Balaban J connectivity index is 3.27. The SMILES string of the molecule is NCc1nc(CO)cc(C(F)F)c1I. The highest BCUT2D eigenvalue weighted by molar-refractivity contribution is 14.1. The first-order valence-electron chi connectivity index (χ1n) is 3.87. The lowest BCUT2D eigenvalue weighted by Crippen LogP contribution is -2.08. The number of aromatic nitrogens is 1. The summed E-state index contributed by atoms with van der Waals surface area (Å²) in [6.07, 6.45) is -2.57. The summed E-state index contributed by atoms with van der Waals surface area (Å²) in [7, 11) is 0. The Morgan fingerprint density at radius 3 is 2.64 bits per heavy atom. The maximum atomic E-state index is 12.5. The number of alkyl halides is 2. The Bertz CT molecular complexity index is 333. The van der Waals surface area contributed by atoms with E-state index in [1.54, 1.807) is 22.6 Å². The molecule has 0 aliphatic heterocycles.